The number of rotatable bonds is 3. The minimum absolute atomic E-state index is 0.317. The number of hydrogen-bond donors (Lipinski definition) is 1. The number of aromatic nitrogens is 2. The maximum atomic E-state index is 11.6. The molecule has 0 radical (unpaired) electrons. The van der Waals surface area contributed by atoms with Crippen molar-refractivity contribution in [2.24, 2.45) is 0 Å². The van der Waals surface area contributed by atoms with Crippen molar-refractivity contribution in [2.75, 3.05) is 5.32 Å². The molecule has 0 aliphatic carbocycles. The lowest BCUT2D eigenvalue weighted by Crippen LogP contribution is -2.07. The summed E-state index contributed by atoms with van der Waals surface area (Å²) >= 11 is 13.2. The Hall–Kier alpha value is -1.43. The van der Waals surface area contributed by atoms with Crippen LogP contribution in [0.15, 0.2) is 29.8 Å². The van der Waals surface area contributed by atoms with Gasteiger partial charge >= 0.3 is 0 Å². The maximum absolute atomic E-state index is 11.6. The molecule has 18 heavy (non-hydrogen) atoms. The van der Waals surface area contributed by atoms with E-state index in [1.54, 1.807) is 24.3 Å². The highest BCUT2D eigenvalue weighted by molar-refractivity contribution is 7.13. The average Bonchev–Trinajstić information content (AvgIpc) is 2.81. The number of amides is 1. The summed E-state index contributed by atoms with van der Waals surface area (Å²) in [7, 11) is 0. The molecule has 0 aliphatic rings. The van der Waals surface area contributed by atoms with Gasteiger partial charge in [0.2, 0.25) is 11.0 Å². The molecule has 0 spiro atoms. The molecular weight excluding hydrogens is 293 g/mol. The molecule has 7 heteroatoms. The Labute approximate surface area is 117 Å². The van der Waals surface area contributed by atoms with Gasteiger partial charge in [0.15, 0.2) is 0 Å². The summed E-state index contributed by atoms with van der Waals surface area (Å²) in [5.74, 6) is -0.317. The number of nitrogens with zero attached hydrogens (tertiary/aromatic N) is 2. The Bertz CT molecular complexity index is 564. The lowest BCUT2D eigenvalue weighted by Gasteiger charge is -2.00. The van der Waals surface area contributed by atoms with Gasteiger partial charge < -0.3 is 0 Å². The van der Waals surface area contributed by atoms with Crippen molar-refractivity contribution in [1.29, 1.82) is 0 Å². The topological polar surface area (TPSA) is 54.9 Å². The Balaban J connectivity index is 2.09. The van der Waals surface area contributed by atoms with E-state index in [-0.39, 0.29) is 5.91 Å². The van der Waals surface area contributed by atoms with Crippen LogP contribution in [0.25, 0.3) is 6.08 Å². The summed E-state index contributed by atoms with van der Waals surface area (Å²) < 4.78 is 0. The van der Waals surface area contributed by atoms with Crippen LogP contribution in [0.4, 0.5) is 5.13 Å². The molecule has 0 saturated heterocycles. The quantitative estimate of drug-likeness (QED) is 0.883. The molecule has 1 amide bonds. The molecule has 1 heterocycles. The number of carbonyl (C=O) groups excluding carboxylic acids is 1. The van der Waals surface area contributed by atoms with Gasteiger partial charge in [-0.3, -0.25) is 10.1 Å². The first-order chi connectivity index (χ1) is 8.66. The zero-order chi connectivity index (χ0) is 13.0. The van der Waals surface area contributed by atoms with E-state index in [1.165, 1.54) is 22.9 Å². The average molecular weight is 300 g/mol. The normalized spacial score (nSPS) is 10.8. The van der Waals surface area contributed by atoms with E-state index < -0.39 is 0 Å². The minimum atomic E-state index is -0.317. The highest BCUT2D eigenvalue weighted by atomic mass is 35.5. The van der Waals surface area contributed by atoms with Gasteiger partial charge in [0.25, 0.3) is 0 Å². The molecule has 0 fully saturated rings. The van der Waals surface area contributed by atoms with E-state index in [9.17, 15) is 4.79 Å². The van der Waals surface area contributed by atoms with Crippen LogP contribution in [0.3, 0.4) is 0 Å². The van der Waals surface area contributed by atoms with Crippen molar-refractivity contribution >= 4 is 51.7 Å². The predicted octanol–water partition coefficient (Wildman–Crippen LogP) is 3.50. The summed E-state index contributed by atoms with van der Waals surface area (Å²) in [6, 6.07) is 5.15. The lowest BCUT2D eigenvalue weighted by molar-refractivity contribution is -0.111. The monoisotopic (exact) mass is 299 g/mol. The fourth-order valence-electron chi connectivity index (χ4n) is 1.20. The second-order valence-corrected chi connectivity index (χ2v) is 4.85. The van der Waals surface area contributed by atoms with Gasteiger partial charge in [-0.2, -0.15) is 0 Å². The first kappa shape index (κ1) is 13.0. The van der Waals surface area contributed by atoms with Gasteiger partial charge in [-0.25, -0.2) is 0 Å². The van der Waals surface area contributed by atoms with Gasteiger partial charge in [-0.1, -0.05) is 40.6 Å². The van der Waals surface area contributed by atoms with Crippen LogP contribution in [-0.2, 0) is 4.79 Å². The van der Waals surface area contributed by atoms with Gasteiger partial charge in [-0.15, -0.1) is 10.2 Å². The van der Waals surface area contributed by atoms with Crippen LogP contribution >= 0.6 is 34.5 Å². The fraction of sp³-hybridized carbons (Fsp3) is 0. The van der Waals surface area contributed by atoms with Gasteiger partial charge in [0.1, 0.15) is 5.51 Å². The molecule has 0 saturated carbocycles. The summed E-state index contributed by atoms with van der Waals surface area (Å²) in [4.78, 5) is 11.6. The van der Waals surface area contributed by atoms with E-state index in [1.807, 2.05) is 0 Å². The SMILES string of the molecule is O=C(C=Cc1c(Cl)cccc1Cl)Nc1nncs1. The van der Waals surface area contributed by atoms with E-state index in [2.05, 4.69) is 15.5 Å². The lowest BCUT2D eigenvalue weighted by atomic mass is 10.2. The fourth-order valence-corrected chi connectivity index (χ4v) is 2.17. The number of benzene rings is 1. The van der Waals surface area contributed by atoms with E-state index in [0.717, 1.165) is 0 Å². The summed E-state index contributed by atoms with van der Waals surface area (Å²) in [6.07, 6.45) is 2.90. The van der Waals surface area contributed by atoms with Crippen LogP contribution in [0.2, 0.25) is 10.0 Å². The molecule has 0 unspecified atom stereocenters. The Morgan fingerprint density at radius 3 is 2.67 bits per heavy atom. The molecular formula is C11H7Cl2N3OS. The van der Waals surface area contributed by atoms with Crippen molar-refractivity contribution in [3.8, 4) is 0 Å². The van der Waals surface area contributed by atoms with Crippen molar-refractivity contribution < 1.29 is 4.79 Å². The van der Waals surface area contributed by atoms with Crippen molar-refractivity contribution in [3.05, 3.63) is 45.4 Å². The Morgan fingerprint density at radius 2 is 2.06 bits per heavy atom. The maximum Gasteiger partial charge on any atom is 0.250 e. The zero-order valence-corrected chi connectivity index (χ0v) is 11.3. The third-order valence-electron chi connectivity index (χ3n) is 1.99. The minimum Gasteiger partial charge on any atom is -0.297 e. The van der Waals surface area contributed by atoms with Gasteiger partial charge in [-0.05, 0) is 18.2 Å². The van der Waals surface area contributed by atoms with Crippen LogP contribution in [0, 0.1) is 0 Å². The van der Waals surface area contributed by atoms with E-state index >= 15 is 0 Å². The van der Waals surface area contributed by atoms with Crippen molar-refractivity contribution in [3.63, 3.8) is 0 Å². The molecule has 1 aromatic heterocycles. The Kier molecular flexibility index (Phi) is 4.30. The van der Waals surface area contributed by atoms with Gasteiger partial charge in [0.05, 0.1) is 0 Å². The first-order valence-corrected chi connectivity index (χ1v) is 6.49. The third-order valence-corrected chi connectivity index (χ3v) is 3.26. The summed E-state index contributed by atoms with van der Waals surface area (Å²) in [5, 5.41) is 11.3. The smallest absolute Gasteiger partial charge is 0.250 e. The highest BCUT2D eigenvalue weighted by Gasteiger charge is 2.04. The number of nitrogens with one attached hydrogen (secondary N) is 1. The van der Waals surface area contributed by atoms with Crippen LogP contribution in [0.1, 0.15) is 5.56 Å². The number of halogens is 2. The molecule has 1 N–H and O–H groups in total. The zero-order valence-electron chi connectivity index (χ0n) is 8.93. The summed E-state index contributed by atoms with van der Waals surface area (Å²) in [5.41, 5.74) is 2.14. The number of carbonyl (C=O) groups is 1. The van der Waals surface area contributed by atoms with Crippen LogP contribution in [0.5, 0.6) is 0 Å². The predicted molar refractivity (Wildman–Crippen MR) is 74.0 cm³/mol. The molecule has 2 aromatic rings. The highest BCUT2D eigenvalue weighted by Crippen LogP contribution is 2.25. The molecule has 1 aromatic carbocycles. The number of hydrogen-bond acceptors (Lipinski definition) is 4. The van der Waals surface area contributed by atoms with Gasteiger partial charge in [0, 0.05) is 21.7 Å². The molecule has 2 rings (SSSR count). The summed E-state index contributed by atoms with van der Waals surface area (Å²) in [6.45, 7) is 0. The third kappa shape index (κ3) is 3.29. The van der Waals surface area contributed by atoms with Crippen LogP contribution < -0.4 is 5.32 Å². The molecule has 0 atom stereocenters. The molecule has 92 valence electrons. The van der Waals surface area contributed by atoms with Crippen molar-refractivity contribution in [2.45, 2.75) is 0 Å². The largest absolute Gasteiger partial charge is 0.297 e. The molecule has 0 bridgehead atoms. The molecule has 4 nitrogen and oxygen atoms in total. The first-order valence-electron chi connectivity index (χ1n) is 4.86. The van der Waals surface area contributed by atoms with Crippen LogP contribution in [-0.4, -0.2) is 16.1 Å². The van der Waals surface area contributed by atoms with E-state index in [4.69, 9.17) is 23.2 Å². The molecule has 0 aliphatic heterocycles. The van der Waals surface area contributed by atoms with E-state index in [0.29, 0.717) is 20.7 Å². The standard InChI is InChI=1S/C11H7Cl2N3OS/c12-8-2-1-3-9(13)7(8)4-5-10(17)15-11-16-14-6-18-11/h1-6H,(H,15,16,17). The Morgan fingerprint density at radius 1 is 1.33 bits per heavy atom. The second-order valence-electron chi connectivity index (χ2n) is 3.20. The number of anilines is 1. The van der Waals surface area contributed by atoms with Crippen molar-refractivity contribution in [1.82, 2.24) is 10.2 Å². The second kappa shape index (κ2) is 5.95.